The number of nitrogens with two attached hydrogens (primary N) is 1. The summed E-state index contributed by atoms with van der Waals surface area (Å²) >= 11 is 0. The monoisotopic (exact) mass is 276 g/mol. The maximum Gasteiger partial charge on any atom is 0.227 e. The molecule has 0 spiro atoms. The van der Waals surface area contributed by atoms with Crippen molar-refractivity contribution in [3.8, 4) is 0 Å². The number of aryl methyl sites for hydroxylation is 2. The van der Waals surface area contributed by atoms with Crippen LogP contribution in [-0.4, -0.2) is 12.5 Å². The normalized spacial score (nSPS) is 13.1. The van der Waals surface area contributed by atoms with Crippen molar-refractivity contribution in [1.29, 1.82) is 0 Å². The molecule has 0 aliphatic carbocycles. The van der Waals surface area contributed by atoms with Gasteiger partial charge in [-0.15, -0.1) is 0 Å². The molecular formula is C17H28N2O. The van der Waals surface area contributed by atoms with Crippen LogP contribution in [-0.2, 0) is 4.79 Å². The van der Waals surface area contributed by atoms with Crippen molar-refractivity contribution in [2.24, 2.45) is 11.1 Å². The Bertz CT molecular complexity index is 436. The largest absolute Gasteiger partial charge is 0.349 e. The first kappa shape index (κ1) is 16.7. The first-order valence-electron chi connectivity index (χ1n) is 7.47. The van der Waals surface area contributed by atoms with E-state index < -0.39 is 5.41 Å². The number of hydrogen-bond acceptors (Lipinski definition) is 2. The summed E-state index contributed by atoms with van der Waals surface area (Å²) < 4.78 is 0. The first-order valence-corrected chi connectivity index (χ1v) is 7.47. The van der Waals surface area contributed by atoms with Crippen molar-refractivity contribution in [2.75, 3.05) is 6.54 Å². The zero-order valence-corrected chi connectivity index (χ0v) is 13.4. The van der Waals surface area contributed by atoms with E-state index in [4.69, 9.17) is 5.73 Å². The minimum Gasteiger partial charge on any atom is -0.349 e. The molecule has 0 saturated carbocycles. The van der Waals surface area contributed by atoms with Crippen molar-refractivity contribution in [2.45, 2.75) is 53.5 Å². The van der Waals surface area contributed by atoms with Gasteiger partial charge in [0, 0.05) is 6.54 Å². The fourth-order valence-corrected chi connectivity index (χ4v) is 2.65. The highest BCUT2D eigenvalue weighted by Crippen LogP contribution is 2.27. The molecule has 0 saturated heterocycles. The number of rotatable bonds is 6. The first-order chi connectivity index (χ1) is 9.38. The van der Waals surface area contributed by atoms with Gasteiger partial charge >= 0.3 is 0 Å². The molecule has 1 amide bonds. The molecule has 0 aromatic heterocycles. The molecule has 1 rings (SSSR count). The summed E-state index contributed by atoms with van der Waals surface area (Å²) in [6.45, 7) is 10.6. The van der Waals surface area contributed by atoms with E-state index in [9.17, 15) is 4.79 Å². The Labute approximate surface area is 122 Å². The number of amides is 1. The number of hydrogen-bond donors (Lipinski definition) is 2. The molecule has 0 bridgehead atoms. The van der Waals surface area contributed by atoms with E-state index in [0.29, 0.717) is 6.54 Å². The summed E-state index contributed by atoms with van der Waals surface area (Å²) in [7, 11) is 0. The molecule has 3 N–H and O–H groups in total. The number of benzene rings is 1. The summed E-state index contributed by atoms with van der Waals surface area (Å²) in [4.78, 5) is 12.5. The quantitative estimate of drug-likeness (QED) is 0.838. The van der Waals surface area contributed by atoms with Crippen LogP contribution in [0.3, 0.4) is 0 Å². The highest BCUT2D eigenvalue weighted by atomic mass is 16.2. The molecular weight excluding hydrogens is 248 g/mol. The summed E-state index contributed by atoms with van der Waals surface area (Å²) in [6.07, 6.45) is 1.54. The smallest absolute Gasteiger partial charge is 0.227 e. The Balaban J connectivity index is 2.89. The van der Waals surface area contributed by atoms with Crippen LogP contribution in [0.25, 0.3) is 0 Å². The molecule has 20 heavy (non-hydrogen) atoms. The predicted octanol–water partition coefficient (Wildman–Crippen LogP) is 3.25. The topological polar surface area (TPSA) is 55.1 Å². The zero-order chi connectivity index (χ0) is 15.3. The van der Waals surface area contributed by atoms with Crippen LogP contribution >= 0.6 is 0 Å². The van der Waals surface area contributed by atoms with Crippen molar-refractivity contribution in [3.63, 3.8) is 0 Å². The van der Waals surface area contributed by atoms with Gasteiger partial charge in [0.25, 0.3) is 0 Å². The fourth-order valence-electron chi connectivity index (χ4n) is 2.65. The van der Waals surface area contributed by atoms with Gasteiger partial charge in [0.2, 0.25) is 5.91 Å². The van der Waals surface area contributed by atoms with Crippen LogP contribution in [0.1, 0.15) is 56.3 Å². The second-order valence-corrected chi connectivity index (χ2v) is 5.81. The third-order valence-corrected chi connectivity index (χ3v) is 4.32. The summed E-state index contributed by atoms with van der Waals surface area (Å²) in [5, 5.41) is 3.13. The molecule has 1 atom stereocenters. The molecule has 0 heterocycles. The van der Waals surface area contributed by atoms with E-state index in [1.165, 1.54) is 11.1 Å². The average molecular weight is 276 g/mol. The highest BCUT2D eigenvalue weighted by Gasteiger charge is 2.34. The lowest BCUT2D eigenvalue weighted by molar-refractivity contribution is -0.131. The third kappa shape index (κ3) is 3.60. The van der Waals surface area contributed by atoms with Crippen LogP contribution in [0.4, 0.5) is 0 Å². The summed E-state index contributed by atoms with van der Waals surface area (Å²) in [5.74, 6) is 0.0664. The zero-order valence-electron chi connectivity index (χ0n) is 13.4. The van der Waals surface area contributed by atoms with E-state index >= 15 is 0 Å². The Morgan fingerprint density at radius 2 is 1.70 bits per heavy atom. The highest BCUT2D eigenvalue weighted by molar-refractivity contribution is 5.83. The molecule has 1 aromatic rings. The molecule has 3 heteroatoms. The Morgan fingerprint density at radius 1 is 1.20 bits per heavy atom. The number of carbonyl (C=O) groups excluding carboxylic acids is 1. The minimum atomic E-state index is -0.437. The molecule has 112 valence electrons. The van der Waals surface area contributed by atoms with E-state index in [1.54, 1.807) is 0 Å². The van der Waals surface area contributed by atoms with Crippen LogP contribution < -0.4 is 11.1 Å². The van der Waals surface area contributed by atoms with Crippen LogP contribution in [0.15, 0.2) is 18.2 Å². The van der Waals surface area contributed by atoms with Crippen molar-refractivity contribution in [3.05, 3.63) is 34.9 Å². The Kier molecular flexibility index (Phi) is 5.75. The molecule has 0 radical (unpaired) electrons. The standard InChI is InChI=1S/C17H28N2O/c1-6-17(7-2,11-18)16(20)19-14(5)15-9-12(3)8-13(4)10-15/h8-10,14H,6-7,11,18H2,1-5H3,(H,19,20). The number of nitrogens with one attached hydrogen (secondary N) is 1. The van der Waals surface area contributed by atoms with Gasteiger partial charge in [-0.05, 0) is 39.2 Å². The summed E-state index contributed by atoms with van der Waals surface area (Å²) in [6, 6.07) is 6.39. The van der Waals surface area contributed by atoms with Crippen LogP contribution in [0.2, 0.25) is 0 Å². The van der Waals surface area contributed by atoms with Crippen molar-refractivity contribution >= 4 is 5.91 Å². The van der Waals surface area contributed by atoms with Gasteiger partial charge in [-0.3, -0.25) is 4.79 Å². The van der Waals surface area contributed by atoms with Gasteiger partial charge in [-0.25, -0.2) is 0 Å². The molecule has 3 nitrogen and oxygen atoms in total. The van der Waals surface area contributed by atoms with Gasteiger partial charge in [-0.1, -0.05) is 43.2 Å². The van der Waals surface area contributed by atoms with Crippen LogP contribution in [0.5, 0.6) is 0 Å². The van der Waals surface area contributed by atoms with E-state index in [-0.39, 0.29) is 11.9 Å². The van der Waals surface area contributed by atoms with Crippen molar-refractivity contribution in [1.82, 2.24) is 5.32 Å². The van der Waals surface area contributed by atoms with Gasteiger partial charge in [0.05, 0.1) is 11.5 Å². The molecule has 0 fully saturated rings. The van der Waals surface area contributed by atoms with Crippen LogP contribution in [0, 0.1) is 19.3 Å². The van der Waals surface area contributed by atoms with Crippen molar-refractivity contribution < 1.29 is 4.79 Å². The minimum absolute atomic E-state index is 0.00475. The maximum atomic E-state index is 12.5. The summed E-state index contributed by atoms with van der Waals surface area (Å²) in [5.41, 5.74) is 8.98. The second kappa shape index (κ2) is 6.89. The fraction of sp³-hybridized carbons (Fsp3) is 0.588. The van der Waals surface area contributed by atoms with E-state index in [1.807, 2.05) is 20.8 Å². The second-order valence-electron chi connectivity index (χ2n) is 5.81. The van der Waals surface area contributed by atoms with Gasteiger partial charge in [-0.2, -0.15) is 0 Å². The third-order valence-electron chi connectivity index (χ3n) is 4.32. The van der Waals surface area contributed by atoms with Gasteiger partial charge in [0.15, 0.2) is 0 Å². The Hall–Kier alpha value is -1.35. The maximum absolute atomic E-state index is 12.5. The molecule has 0 aliphatic heterocycles. The molecule has 1 unspecified atom stereocenters. The van der Waals surface area contributed by atoms with Gasteiger partial charge in [0.1, 0.15) is 0 Å². The van der Waals surface area contributed by atoms with E-state index in [2.05, 4.69) is 37.4 Å². The van der Waals surface area contributed by atoms with E-state index in [0.717, 1.165) is 18.4 Å². The van der Waals surface area contributed by atoms with Gasteiger partial charge < -0.3 is 11.1 Å². The molecule has 0 aliphatic rings. The lowest BCUT2D eigenvalue weighted by atomic mass is 9.81. The number of carbonyl (C=O) groups is 1. The molecule has 1 aromatic carbocycles. The predicted molar refractivity (Wildman–Crippen MR) is 84.5 cm³/mol. The SMILES string of the molecule is CCC(CC)(CN)C(=O)NC(C)c1cc(C)cc(C)c1. The lowest BCUT2D eigenvalue weighted by Crippen LogP contribution is -2.46. The lowest BCUT2D eigenvalue weighted by Gasteiger charge is -2.30. The average Bonchev–Trinajstić information content (AvgIpc) is 2.40. The Morgan fingerprint density at radius 3 is 2.10 bits per heavy atom.